The Morgan fingerprint density at radius 2 is 1.80 bits per heavy atom. The van der Waals surface area contributed by atoms with Crippen molar-refractivity contribution in [3.05, 3.63) is 40.3 Å². The molecule has 0 aliphatic heterocycles. The molecule has 1 aromatic rings. The molecule has 0 radical (unpaired) electrons. The number of carbonyl (C=O) groups is 1. The van der Waals surface area contributed by atoms with E-state index in [0.29, 0.717) is 5.56 Å². The summed E-state index contributed by atoms with van der Waals surface area (Å²) in [6.45, 7) is 2.93. The molecule has 7 heteroatoms. The second kappa shape index (κ2) is 6.49. The lowest BCUT2D eigenvalue weighted by molar-refractivity contribution is -0.164. The Morgan fingerprint density at radius 3 is 2.20 bits per heavy atom. The van der Waals surface area contributed by atoms with Crippen LogP contribution in [0.25, 0.3) is 0 Å². The number of nitroso groups, excluding NO2 is 1. The number of amides is 1. The van der Waals surface area contributed by atoms with E-state index in [9.17, 15) is 22.9 Å². The molecule has 1 N–H and O–H groups in total. The number of hydrogen-bond acceptors (Lipinski definition) is 3. The van der Waals surface area contributed by atoms with Gasteiger partial charge in [0.1, 0.15) is 6.54 Å². The summed E-state index contributed by atoms with van der Waals surface area (Å²) in [6, 6.07) is 3.18. The van der Waals surface area contributed by atoms with Crippen LogP contribution in [-0.2, 0) is 11.3 Å². The van der Waals surface area contributed by atoms with E-state index >= 15 is 0 Å². The number of hydrogen-bond donors (Lipinski definition) is 1. The summed E-state index contributed by atoms with van der Waals surface area (Å²) < 4.78 is 39.0. The molecule has 0 aliphatic rings. The zero-order valence-electron chi connectivity index (χ0n) is 11.1. The van der Waals surface area contributed by atoms with Gasteiger partial charge in [0.25, 0.3) is 0 Å². The second-order valence-corrected chi connectivity index (χ2v) is 4.67. The van der Waals surface area contributed by atoms with E-state index in [2.05, 4.69) is 5.18 Å². The maximum atomic E-state index is 13.0. The van der Waals surface area contributed by atoms with Crippen LogP contribution in [0.2, 0.25) is 0 Å². The fourth-order valence-electron chi connectivity index (χ4n) is 1.55. The van der Waals surface area contributed by atoms with Gasteiger partial charge in [-0.15, -0.1) is 0 Å². The standard InChI is InChI=1S/C13H15F3N2O2/c1-8(2)12(19)18-11(13(14,15)16)10-5-3-9(4-6-10)7-17-20/h3-6,8,11H,7H2,1-2H3,(H,18,19). The number of alkyl halides is 3. The van der Waals surface area contributed by atoms with Gasteiger partial charge in [-0.1, -0.05) is 43.3 Å². The Labute approximate surface area is 114 Å². The first-order valence-electron chi connectivity index (χ1n) is 6.00. The first-order valence-corrected chi connectivity index (χ1v) is 6.00. The molecule has 1 atom stereocenters. The number of carbonyl (C=O) groups excluding carboxylic acids is 1. The predicted octanol–water partition coefficient (Wildman–Crippen LogP) is 3.33. The van der Waals surface area contributed by atoms with Crippen LogP contribution >= 0.6 is 0 Å². The third-order valence-corrected chi connectivity index (χ3v) is 2.70. The molecule has 1 amide bonds. The summed E-state index contributed by atoms with van der Waals surface area (Å²) >= 11 is 0. The van der Waals surface area contributed by atoms with Crippen LogP contribution in [0, 0.1) is 10.8 Å². The Kier molecular flexibility index (Phi) is 5.24. The summed E-state index contributed by atoms with van der Waals surface area (Å²) in [4.78, 5) is 21.6. The van der Waals surface area contributed by atoms with Crippen LogP contribution in [0.3, 0.4) is 0 Å². The second-order valence-electron chi connectivity index (χ2n) is 4.67. The molecular weight excluding hydrogens is 273 g/mol. The highest BCUT2D eigenvalue weighted by molar-refractivity contribution is 5.78. The van der Waals surface area contributed by atoms with Gasteiger partial charge in [-0.2, -0.15) is 18.1 Å². The average molecular weight is 288 g/mol. The quantitative estimate of drug-likeness (QED) is 0.845. The minimum atomic E-state index is -4.59. The van der Waals surface area contributed by atoms with Crippen molar-refractivity contribution in [2.45, 2.75) is 32.6 Å². The van der Waals surface area contributed by atoms with Gasteiger partial charge in [-0.25, -0.2) is 0 Å². The largest absolute Gasteiger partial charge is 0.412 e. The molecule has 0 aliphatic carbocycles. The van der Waals surface area contributed by atoms with Crippen molar-refractivity contribution in [3.63, 3.8) is 0 Å². The van der Waals surface area contributed by atoms with Gasteiger partial charge < -0.3 is 5.32 Å². The van der Waals surface area contributed by atoms with Crippen molar-refractivity contribution in [2.75, 3.05) is 0 Å². The zero-order valence-corrected chi connectivity index (χ0v) is 11.1. The van der Waals surface area contributed by atoms with Crippen molar-refractivity contribution in [3.8, 4) is 0 Å². The molecule has 0 saturated heterocycles. The van der Waals surface area contributed by atoms with Crippen molar-refractivity contribution >= 4 is 5.91 Å². The lowest BCUT2D eigenvalue weighted by atomic mass is 10.0. The number of nitrogens with zero attached hydrogens (tertiary/aromatic N) is 1. The molecule has 0 aromatic heterocycles. The van der Waals surface area contributed by atoms with E-state index in [4.69, 9.17) is 0 Å². The van der Waals surface area contributed by atoms with Gasteiger partial charge in [0, 0.05) is 5.92 Å². The minimum absolute atomic E-state index is 0.0823. The van der Waals surface area contributed by atoms with Crippen LogP contribution in [0.1, 0.15) is 31.0 Å². The van der Waals surface area contributed by atoms with Crippen molar-refractivity contribution in [2.24, 2.45) is 11.1 Å². The molecule has 0 heterocycles. The van der Waals surface area contributed by atoms with E-state index in [1.54, 1.807) is 0 Å². The lowest BCUT2D eigenvalue weighted by Gasteiger charge is -2.23. The Hall–Kier alpha value is -1.92. The fraction of sp³-hybridized carbons (Fsp3) is 0.462. The van der Waals surface area contributed by atoms with Gasteiger partial charge >= 0.3 is 6.18 Å². The first kappa shape index (κ1) is 16.1. The first-order chi connectivity index (χ1) is 9.25. The molecule has 4 nitrogen and oxygen atoms in total. The fourth-order valence-corrected chi connectivity index (χ4v) is 1.55. The highest BCUT2D eigenvalue weighted by atomic mass is 19.4. The average Bonchev–Trinajstić information content (AvgIpc) is 2.35. The maximum Gasteiger partial charge on any atom is 0.412 e. The van der Waals surface area contributed by atoms with E-state index in [0.717, 1.165) is 0 Å². The van der Waals surface area contributed by atoms with Gasteiger partial charge in [0.2, 0.25) is 5.91 Å². The van der Waals surface area contributed by atoms with Crippen molar-refractivity contribution in [1.29, 1.82) is 0 Å². The van der Waals surface area contributed by atoms with Crippen LogP contribution in [0.5, 0.6) is 0 Å². The summed E-state index contributed by atoms with van der Waals surface area (Å²) in [7, 11) is 0. The zero-order chi connectivity index (χ0) is 15.3. The van der Waals surface area contributed by atoms with Crippen LogP contribution in [-0.4, -0.2) is 12.1 Å². The number of halogens is 3. The van der Waals surface area contributed by atoms with Gasteiger partial charge in [0.15, 0.2) is 6.04 Å². The third kappa shape index (κ3) is 4.32. The summed E-state index contributed by atoms with van der Waals surface area (Å²) in [5.74, 6) is -1.22. The molecule has 0 saturated carbocycles. The van der Waals surface area contributed by atoms with Crippen molar-refractivity contribution in [1.82, 2.24) is 5.32 Å². The monoisotopic (exact) mass is 288 g/mol. The number of nitrogens with one attached hydrogen (secondary N) is 1. The summed E-state index contributed by atoms with van der Waals surface area (Å²) in [5.41, 5.74) is 0.431. The summed E-state index contributed by atoms with van der Waals surface area (Å²) in [6.07, 6.45) is -4.59. The predicted molar refractivity (Wildman–Crippen MR) is 67.7 cm³/mol. The third-order valence-electron chi connectivity index (χ3n) is 2.70. The molecule has 1 aromatic carbocycles. The van der Waals surface area contributed by atoms with Crippen LogP contribution in [0.15, 0.2) is 29.4 Å². The molecule has 20 heavy (non-hydrogen) atoms. The highest BCUT2D eigenvalue weighted by Crippen LogP contribution is 2.33. The Morgan fingerprint density at radius 1 is 1.25 bits per heavy atom. The van der Waals surface area contributed by atoms with Crippen molar-refractivity contribution < 1.29 is 18.0 Å². The molecule has 110 valence electrons. The Bertz CT molecular complexity index is 469. The maximum absolute atomic E-state index is 13.0. The van der Waals surface area contributed by atoms with Crippen LogP contribution in [0.4, 0.5) is 13.2 Å². The molecule has 1 rings (SSSR count). The van der Waals surface area contributed by atoms with Gasteiger partial charge in [-0.05, 0) is 11.1 Å². The SMILES string of the molecule is CC(C)C(=O)NC(c1ccc(CN=O)cc1)C(F)(F)F. The Balaban J connectivity index is 2.99. The van der Waals surface area contributed by atoms with E-state index in [-0.39, 0.29) is 12.1 Å². The van der Waals surface area contributed by atoms with E-state index < -0.39 is 24.0 Å². The van der Waals surface area contributed by atoms with E-state index in [1.807, 2.05) is 5.32 Å². The van der Waals surface area contributed by atoms with Gasteiger partial charge in [-0.3, -0.25) is 4.79 Å². The van der Waals surface area contributed by atoms with Crippen LogP contribution < -0.4 is 5.32 Å². The van der Waals surface area contributed by atoms with E-state index in [1.165, 1.54) is 38.1 Å². The topological polar surface area (TPSA) is 58.5 Å². The van der Waals surface area contributed by atoms with Gasteiger partial charge in [0.05, 0.1) is 0 Å². The lowest BCUT2D eigenvalue weighted by Crippen LogP contribution is -2.40. The molecule has 0 fully saturated rings. The molecule has 0 spiro atoms. The smallest absolute Gasteiger partial charge is 0.341 e. The minimum Gasteiger partial charge on any atom is -0.341 e. The summed E-state index contributed by atoms with van der Waals surface area (Å²) in [5, 5.41) is 4.63. The molecule has 1 unspecified atom stereocenters. The normalized spacial score (nSPS) is 13.1. The highest BCUT2D eigenvalue weighted by Gasteiger charge is 2.42. The molecular formula is C13H15F3N2O2. The number of benzene rings is 1. The molecule has 0 bridgehead atoms. The number of rotatable bonds is 5.